The van der Waals surface area contributed by atoms with Crippen molar-refractivity contribution in [1.82, 2.24) is 4.98 Å². The number of anilines is 1. The largest absolute Gasteiger partial charge is 0.366 e. The van der Waals surface area contributed by atoms with Crippen molar-refractivity contribution in [2.75, 3.05) is 11.4 Å². The fourth-order valence-electron chi connectivity index (χ4n) is 2.42. The molecule has 112 valence electrons. The molecule has 0 radical (unpaired) electrons. The van der Waals surface area contributed by atoms with Gasteiger partial charge in [-0.25, -0.2) is 4.39 Å². The van der Waals surface area contributed by atoms with Gasteiger partial charge >= 0.3 is 0 Å². The van der Waals surface area contributed by atoms with E-state index in [0.29, 0.717) is 18.5 Å². The average molecular weight is 287 g/mol. The highest BCUT2D eigenvalue weighted by molar-refractivity contribution is 5.54. The van der Waals surface area contributed by atoms with Crippen LogP contribution < -0.4 is 10.6 Å². The molecule has 0 spiro atoms. The normalized spacial score (nSPS) is 12.2. The van der Waals surface area contributed by atoms with Crippen LogP contribution in [0.2, 0.25) is 0 Å². The second kappa shape index (κ2) is 7.18. The molecule has 2 N–H and O–H groups in total. The van der Waals surface area contributed by atoms with E-state index in [0.717, 1.165) is 17.9 Å². The number of rotatable bonds is 6. The maximum Gasteiger partial charge on any atom is 0.128 e. The Morgan fingerprint density at radius 2 is 2.05 bits per heavy atom. The standard InChI is InChI=1S/C17H22FN3/c1-3-21(12-14-7-4-5-10-20-14)17-9-6-8-16(18)15(17)11-13(2)19/h4-10,13H,3,11-12,19H2,1-2H3. The fraction of sp³-hybridized carbons (Fsp3) is 0.353. The summed E-state index contributed by atoms with van der Waals surface area (Å²) in [5, 5.41) is 0. The number of halogens is 1. The summed E-state index contributed by atoms with van der Waals surface area (Å²) in [5.74, 6) is -0.190. The molecular formula is C17H22FN3. The molecule has 2 aromatic rings. The number of nitrogens with zero attached hydrogens (tertiary/aromatic N) is 2. The number of hydrogen-bond acceptors (Lipinski definition) is 3. The van der Waals surface area contributed by atoms with Gasteiger partial charge in [-0.2, -0.15) is 0 Å². The molecule has 1 heterocycles. The van der Waals surface area contributed by atoms with Gasteiger partial charge in [0.1, 0.15) is 5.82 Å². The van der Waals surface area contributed by atoms with Crippen LogP contribution in [0, 0.1) is 5.82 Å². The molecule has 0 saturated carbocycles. The van der Waals surface area contributed by atoms with Crippen molar-refractivity contribution in [1.29, 1.82) is 0 Å². The zero-order valence-electron chi connectivity index (χ0n) is 12.6. The number of nitrogens with two attached hydrogens (primary N) is 1. The molecule has 1 aromatic heterocycles. The number of aromatic nitrogens is 1. The minimum absolute atomic E-state index is 0.0748. The third-order valence-corrected chi connectivity index (χ3v) is 3.42. The Hall–Kier alpha value is -1.94. The summed E-state index contributed by atoms with van der Waals surface area (Å²) < 4.78 is 14.1. The number of benzene rings is 1. The predicted octanol–water partition coefficient (Wildman–Crippen LogP) is 3.14. The monoisotopic (exact) mass is 287 g/mol. The zero-order chi connectivity index (χ0) is 15.2. The summed E-state index contributed by atoms with van der Waals surface area (Å²) in [6.45, 7) is 5.40. The van der Waals surface area contributed by atoms with E-state index in [9.17, 15) is 4.39 Å². The first-order valence-corrected chi connectivity index (χ1v) is 7.29. The van der Waals surface area contributed by atoms with Gasteiger partial charge in [0.25, 0.3) is 0 Å². The van der Waals surface area contributed by atoms with Crippen LogP contribution in [-0.4, -0.2) is 17.6 Å². The molecule has 21 heavy (non-hydrogen) atoms. The summed E-state index contributed by atoms with van der Waals surface area (Å²) in [5.41, 5.74) is 8.42. The van der Waals surface area contributed by atoms with Crippen LogP contribution in [0.25, 0.3) is 0 Å². The van der Waals surface area contributed by atoms with Crippen molar-refractivity contribution in [2.45, 2.75) is 32.9 Å². The molecule has 0 amide bonds. The lowest BCUT2D eigenvalue weighted by Crippen LogP contribution is -2.26. The SMILES string of the molecule is CCN(Cc1ccccn1)c1cccc(F)c1CC(C)N. The Morgan fingerprint density at radius 3 is 2.67 bits per heavy atom. The van der Waals surface area contributed by atoms with E-state index in [1.54, 1.807) is 12.3 Å². The molecule has 0 aliphatic carbocycles. The molecule has 0 bridgehead atoms. The van der Waals surface area contributed by atoms with E-state index in [4.69, 9.17) is 5.73 Å². The lowest BCUT2D eigenvalue weighted by atomic mass is 10.0. The van der Waals surface area contributed by atoms with Gasteiger partial charge in [0.2, 0.25) is 0 Å². The molecular weight excluding hydrogens is 265 g/mol. The Labute approximate surface area is 125 Å². The molecule has 1 unspecified atom stereocenters. The van der Waals surface area contributed by atoms with Crippen LogP contribution in [0.5, 0.6) is 0 Å². The summed E-state index contributed by atoms with van der Waals surface area (Å²) >= 11 is 0. The maximum absolute atomic E-state index is 14.1. The molecule has 0 saturated heterocycles. The smallest absolute Gasteiger partial charge is 0.128 e. The highest BCUT2D eigenvalue weighted by Crippen LogP contribution is 2.25. The van der Waals surface area contributed by atoms with Crippen molar-refractivity contribution in [3.05, 3.63) is 59.7 Å². The fourth-order valence-corrected chi connectivity index (χ4v) is 2.42. The van der Waals surface area contributed by atoms with Crippen LogP contribution in [-0.2, 0) is 13.0 Å². The van der Waals surface area contributed by atoms with E-state index in [2.05, 4.69) is 16.8 Å². The highest BCUT2D eigenvalue weighted by atomic mass is 19.1. The molecule has 1 atom stereocenters. The van der Waals surface area contributed by atoms with E-state index in [1.165, 1.54) is 6.07 Å². The zero-order valence-corrected chi connectivity index (χ0v) is 12.6. The van der Waals surface area contributed by atoms with Gasteiger partial charge in [0.15, 0.2) is 0 Å². The summed E-state index contributed by atoms with van der Waals surface area (Å²) in [4.78, 5) is 6.47. The molecule has 0 fully saturated rings. The van der Waals surface area contributed by atoms with Gasteiger partial charge in [0, 0.05) is 30.0 Å². The minimum atomic E-state index is -0.190. The van der Waals surface area contributed by atoms with Gasteiger partial charge in [-0.3, -0.25) is 4.98 Å². The van der Waals surface area contributed by atoms with E-state index in [-0.39, 0.29) is 11.9 Å². The molecule has 2 rings (SSSR count). The Balaban J connectivity index is 2.31. The quantitative estimate of drug-likeness (QED) is 0.887. The summed E-state index contributed by atoms with van der Waals surface area (Å²) in [7, 11) is 0. The van der Waals surface area contributed by atoms with Crippen LogP contribution in [0.1, 0.15) is 25.1 Å². The number of hydrogen-bond donors (Lipinski definition) is 1. The van der Waals surface area contributed by atoms with Crippen molar-refractivity contribution in [2.24, 2.45) is 5.73 Å². The van der Waals surface area contributed by atoms with E-state index in [1.807, 2.05) is 31.2 Å². The van der Waals surface area contributed by atoms with Gasteiger partial charge in [-0.15, -0.1) is 0 Å². The molecule has 4 heteroatoms. The van der Waals surface area contributed by atoms with Gasteiger partial charge in [-0.05, 0) is 44.5 Å². The minimum Gasteiger partial charge on any atom is -0.366 e. The molecule has 0 aliphatic rings. The van der Waals surface area contributed by atoms with Gasteiger partial charge in [0.05, 0.1) is 12.2 Å². The van der Waals surface area contributed by atoms with Crippen molar-refractivity contribution < 1.29 is 4.39 Å². The van der Waals surface area contributed by atoms with Crippen molar-refractivity contribution in [3.8, 4) is 0 Å². The maximum atomic E-state index is 14.1. The van der Waals surface area contributed by atoms with Gasteiger partial charge in [-0.1, -0.05) is 12.1 Å². The number of pyridine rings is 1. The lowest BCUT2D eigenvalue weighted by molar-refractivity contribution is 0.593. The Kier molecular flexibility index (Phi) is 5.28. The topological polar surface area (TPSA) is 42.2 Å². The average Bonchev–Trinajstić information content (AvgIpc) is 2.48. The second-order valence-corrected chi connectivity index (χ2v) is 5.25. The van der Waals surface area contributed by atoms with Crippen molar-refractivity contribution in [3.63, 3.8) is 0 Å². The van der Waals surface area contributed by atoms with Crippen LogP contribution >= 0.6 is 0 Å². The molecule has 0 aliphatic heterocycles. The van der Waals surface area contributed by atoms with Gasteiger partial charge < -0.3 is 10.6 Å². The Bertz CT molecular complexity index is 570. The Morgan fingerprint density at radius 1 is 1.24 bits per heavy atom. The van der Waals surface area contributed by atoms with E-state index >= 15 is 0 Å². The van der Waals surface area contributed by atoms with Crippen LogP contribution in [0.4, 0.5) is 10.1 Å². The molecule has 3 nitrogen and oxygen atoms in total. The predicted molar refractivity (Wildman–Crippen MR) is 84.7 cm³/mol. The molecule has 1 aromatic carbocycles. The first-order chi connectivity index (χ1) is 10.1. The van der Waals surface area contributed by atoms with E-state index < -0.39 is 0 Å². The summed E-state index contributed by atoms with van der Waals surface area (Å²) in [6.07, 6.45) is 2.30. The highest BCUT2D eigenvalue weighted by Gasteiger charge is 2.15. The summed E-state index contributed by atoms with van der Waals surface area (Å²) in [6, 6.07) is 11.0. The lowest BCUT2D eigenvalue weighted by Gasteiger charge is -2.26. The van der Waals surface area contributed by atoms with Crippen LogP contribution in [0.15, 0.2) is 42.6 Å². The second-order valence-electron chi connectivity index (χ2n) is 5.25. The third kappa shape index (κ3) is 4.02. The van der Waals surface area contributed by atoms with Crippen LogP contribution in [0.3, 0.4) is 0 Å². The third-order valence-electron chi connectivity index (χ3n) is 3.42. The van der Waals surface area contributed by atoms with Crippen molar-refractivity contribution >= 4 is 5.69 Å². The first kappa shape index (κ1) is 15.4. The first-order valence-electron chi connectivity index (χ1n) is 7.29.